The number of rotatable bonds is 8. The molecule has 2 aliphatic heterocycles. The van der Waals surface area contributed by atoms with E-state index in [4.69, 9.17) is 4.74 Å². The molecule has 3 aromatic rings. The molecule has 4 N–H and O–H groups in total. The average molecular weight is 777 g/mol. The molecule has 4 heterocycles. The first-order valence-corrected chi connectivity index (χ1v) is 20.4. The number of benzene rings is 1. The van der Waals surface area contributed by atoms with Crippen LogP contribution in [0.15, 0.2) is 48.6 Å². The summed E-state index contributed by atoms with van der Waals surface area (Å²) in [5.74, 6) is -3.67. The summed E-state index contributed by atoms with van der Waals surface area (Å²) >= 11 is 0. The largest absolute Gasteiger partial charge is 0.471 e. The lowest BCUT2D eigenvalue weighted by Crippen LogP contribution is -2.64. The second kappa shape index (κ2) is 15.5. The van der Waals surface area contributed by atoms with Crippen LogP contribution in [0.2, 0.25) is 0 Å². The number of aromatic amines is 1. The molecule has 5 atom stereocenters. The summed E-state index contributed by atoms with van der Waals surface area (Å²) in [6, 6.07) is 3.40. The van der Waals surface area contributed by atoms with Gasteiger partial charge in [0.05, 0.1) is 22.8 Å². The Labute approximate surface area is 318 Å². The Balaban J connectivity index is 1.23. The second-order valence-corrected chi connectivity index (χ2v) is 16.7. The molecular weight excluding hydrogens is 732 g/mol. The van der Waals surface area contributed by atoms with Crippen molar-refractivity contribution in [2.45, 2.75) is 107 Å². The summed E-state index contributed by atoms with van der Waals surface area (Å²) in [7, 11) is -3.97. The second-order valence-electron chi connectivity index (χ2n) is 14.8. The highest BCUT2D eigenvalue weighted by molar-refractivity contribution is 7.91. The number of nitrogens with zero attached hydrogens (tertiary/aromatic N) is 4. The first kappa shape index (κ1) is 38.1. The van der Waals surface area contributed by atoms with Crippen molar-refractivity contribution >= 4 is 44.7 Å². The molecule has 1 saturated heterocycles. The summed E-state index contributed by atoms with van der Waals surface area (Å²) < 4.78 is 48.8. The third-order valence-electron chi connectivity index (χ3n) is 10.7. The lowest BCUT2D eigenvalue weighted by atomic mass is 9.84. The molecular formula is C38H45FN8O7S. The number of aryl methyl sites for hydroxylation is 2. The lowest BCUT2D eigenvalue weighted by Gasteiger charge is -2.36. The van der Waals surface area contributed by atoms with Crippen LogP contribution in [0.3, 0.4) is 0 Å². The van der Waals surface area contributed by atoms with E-state index in [0.717, 1.165) is 12.8 Å². The van der Waals surface area contributed by atoms with Gasteiger partial charge in [0.2, 0.25) is 27.7 Å². The van der Waals surface area contributed by atoms with Gasteiger partial charge in [-0.05, 0) is 70.1 Å². The molecule has 2 aliphatic carbocycles. The summed E-state index contributed by atoms with van der Waals surface area (Å²) in [5.41, 5.74) is 0.320. The smallest absolute Gasteiger partial charge is 0.272 e. The third-order valence-corrected chi connectivity index (χ3v) is 12.5. The van der Waals surface area contributed by atoms with Crippen molar-refractivity contribution < 1.29 is 36.7 Å². The summed E-state index contributed by atoms with van der Waals surface area (Å²) in [6.07, 6.45) is 10.7. The van der Waals surface area contributed by atoms with Gasteiger partial charge in [-0.1, -0.05) is 44.1 Å². The van der Waals surface area contributed by atoms with Gasteiger partial charge < -0.3 is 20.3 Å². The molecule has 0 spiro atoms. The van der Waals surface area contributed by atoms with E-state index in [9.17, 15) is 32.0 Å². The van der Waals surface area contributed by atoms with Crippen LogP contribution in [0.1, 0.15) is 86.6 Å². The molecule has 0 bridgehead atoms. The average Bonchev–Trinajstić information content (AvgIpc) is 3.62. The SMILES string of the molecule is CCc1nc2ccc(F)cc2nc1O[C@@H]1C[C@H]2C(=O)N[C@]3(C(=O)NS(=O)(=O)C4CC4)CC=CC3/C=C\CCCCC[C@H](NC(=O)c3cc(C)[nH]n3)C(=O)N2C1. The molecule has 2 aromatic heterocycles. The first-order chi connectivity index (χ1) is 26.4. The Morgan fingerprint density at radius 3 is 2.60 bits per heavy atom. The quantitative estimate of drug-likeness (QED) is 0.246. The van der Waals surface area contributed by atoms with Crippen LogP contribution in [0, 0.1) is 18.7 Å². The fourth-order valence-corrected chi connectivity index (χ4v) is 8.87. The van der Waals surface area contributed by atoms with Gasteiger partial charge in [0.15, 0.2) is 0 Å². The van der Waals surface area contributed by atoms with E-state index in [0.29, 0.717) is 49.0 Å². The Morgan fingerprint density at radius 2 is 1.85 bits per heavy atom. The first-order valence-electron chi connectivity index (χ1n) is 18.8. The fourth-order valence-electron chi connectivity index (χ4n) is 7.51. The van der Waals surface area contributed by atoms with E-state index >= 15 is 0 Å². The van der Waals surface area contributed by atoms with Crippen LogP contribution in [-0.2, 0) is 30.8 Å². The number of aromatic nitrogens is 4. The number of carbonyl (C=O) groups is 4. The lowest BCUT2D eigenvalue weighted by molar-refractivity contribution is -0.142. The van der Waals surface area contributed by atoms with Gasteiger partial charge in [-0.2, -0.15) is 5.10 Å². The number of ether oxygens (including phenoxy) is 1. The summed E-state index contributed by atoms with van der Waals surface area (Å²) in [6.45, 7) is 3.53. The molecule has 0 radical (unpaired) electrons. The minimum atomic E-state index is -3.97. The summed E-state index contributed by atoms with van der Waals surface area (Å²) in [4.78, 5) is 67.2. The molecule has 1 aromatic carbocycles. The van der Waals surface area contributed by atoms with Gasteiger partial charge >= 0.3 is 0 Å². The van der Waals surface area contributed by atoms with E-state index in [-0.39, 0.29) is 42.9 Å². The van der Waals surface area contributed by atoms with Gasteiger partial charge in [-0.3, -0.25) is 29.0 Å². The van der Waals surface area contributed by atoms with Crippen LogP contribution in [0.4, 0.5) is 4.39 Å². The zero-order chi connectivity index (χ0) is 38.9. The highest BCUT2D eigenvalue weighted by Gasteiger charge is 2.52. The molecule has 2 fully saturated rings. The number of allylic oxidation sites excluding steroid dienone is 1. The van der Waals surface area contributed by atoms with Crippen molar-refractivity contribution in [1.29, 1.82) is 0 Å². The highest BCUT2D eigenvalue weighted by atomic mass is 32.2. The number of fused-ring (bicyclic) bond motifs is 3. The van der Waals surface area contributed by atoms with Gasteiger partial charge in [0.25, 0.3) is 11.8 Å². The zero-order valence-electron chi connectivity index (χ0n) is 30.7. The number of hydrogen-bond donors (Lipinski definition) is 4. The van der Waals surface area contributed by atoms with Gasteiger partial charge in [-0.15, -0.1) is 0 Å². The van der Waals surface area contributed by atoms with Gasteiger partial charge in [0.1, 0.15) is 40.9 Å². The Kier molecular flexibility index (Phi) is 10.7. The minimum Gasteiger partial charge on any atom is -0.471 e. The van der Waals surface area contributed by atoms with Crippen LogP contribution in [0.5, 0.6) is 5.88 Å². The van der Waals surface area contributed by atoms with Crippen molar-refractivity contribution in [1.82, 2.24) is 40.4 Å². The number of carbonyl (C=O) groups excluding carboxylic acids is 4. The Hall–Kier alpha value is -5.19. The molecule has 292 valence electrons. The van der Waals surface area contributed by atoms with Crippen molar-refractivity contribution in [3.05, 3.63) is 71.5 Å². The normalized spacial score (nSPS) is 26.7. The number of halogens is 1. The number of sulfonamides is 1. The highest BCUT2D eigenvalue weighted by Crippen LogP contribution is 2.36. The molecule has 1 unspecified atom stereocenters. The topological polar surface area (TPSA) is 205 Å². The molecule has 15 nitrogen and oxygen atoms in total. The zero-order valence-corrected chi connectivity index (χ0v) is 31.5. The number of nitrogens with one attached hydrogen (secondary N) is 4. The Bertz CT molecular complexity index is 2170. The minimum absolute atomic E-state index is 0.0191. The molecule has 1 saturated carbocycles. The predicted molar refractivity (Wildman–Crippen MR) is 198 cm³/mol. The number of H-pyrrole nitrogens is 1. The molecule has 4 amide bonds. The van der Waals surface area contributed by atoms with E-state index in [1.165, 1.54) is 23.1 Å². The van der Waals surface area contributed by atoms with Crippen LogP contribution in [0.25, 0.3) is 11.0 Å². The van der Waals surface area contributed by atoms with E-state index in [2.05, 4.69) is 35.5 Å². The monoisotopic (exact) mass is 776 g/mol. The van der Waals surface area contributed by atoms with Crippen molar-refractivity contribution in [3.8, 4) is 5.88 Å². The fraction of sp³-hybridized carbons (Fsp3) is 0.500. The third kappa shape index (κ3) is 8.11. The maximum atomic E-state index is 14.6. The van der Waals surface area contributed by atoms with E-state index < -0.39 is 74.4 Å². The maximum absolute atomic E-state index is 14.6. The van der Waals surface area contributed by atoms with E-state index in [1.54, 1.807) is 25.1 Å². The van der Waals surface area contributed by atoms with E-state index in [1.807, 2.05) is 19.1 Å². The molecule has 7 rings (SSSR count). The van der Waals surface area contributed by atoms with Gasteiger partial charge in [0, 0.05) is 24.1 Å². The number of hydrogen-bond acceptors (Lipinski definition) is 10. The Morgan fingerprint density at radius 1 is 1.05 bits per heavy atom. The molecule has 17 heteroatoms. The van der Waals surface area contributed by atoms with Crippen molar-refractivity contribution in [2.75, 3.05) is 6.54 Å². The van der Waals surface area contributed by atoms with Gasteiger partial charge in [-0.25, -0.2) is 22.8 Å². The van der Waals surface area contributed by atoms with Crippen LogP contribution >= 0.6 is 0 Å². The van der Waals surface area contributed by atoms with Crippen molar-refractivity contribution in [2.24, 2.45) is 5.92 Å². The number of amides is 4. The molecule has 55 heavy (non-hydrogen) atoms. The van der Waals surface area contributed by atoms with Crippen LogP contribution in [-0.4, -0.2) is 92.6 Å². The molecule has 4 aliphatic rings. The van der Waals surface area contributed by atoms with Crippen LogP contribution < -0.4 is 20.1 Å². The summed E-state index contributed by atoms with van der Waals surface area (Å²) in [5, 5.41) is 11.8. The maximum Gasteiger partial charge on any atom is 0.272 e. The van der Waals surface area contributed by atoms with Crippen molar-refractivity contribution in [3.63, 3.8) is 0 Å². The standard InChI is InChI=1S/C38H45FN8O7S/c1-3-27-35(42-30-19-24(39)13-16-28(30)40-27)54-25-20-32-34(49)43-38(37(51)46-55(52,53)26-14-15-26)17-9-11-23(38)10-7-5-4-6-8-12-29(36(50)47(32)21-25)41-33(48)31-18-22(2)44-45-31/h7,9-11,13,16,18-19,23,25-26,29,32H,3-6,8,12,14-15,17,20-21H2,1-2H3,(H,41,48)(H,43,49)(H,44,45)(H,46,51)/b10-7-/t23?,25-,29+,32+,38-/m1/s1. The predicted octanol–water partition coefficient (Wildman–Crippen LogP) is 3.07.